The number of methoxy groups -OCH3 is 1. The Morgan fingerprint density at radius 2 is 2.04 bits per heavy atom. The highest BCUT2D eigenvalue weighted by molar-refractivity contribution is 7.96. The van der Waals surface area contributed by atoms with Gasteiger partial charge in [0.2, 0.25) is 0 Å². The number of aryl methyl sites for hydroxylation is 1. The van der Waals surface area contributed by atoms with Crippen molar-refractivity contribution in [3.8, 4) is 0 Å². The first-order valence-electron chi connectivity index (χ1n) is 7.10. The molecule has 1 aliphatic rings. The minimum Gasteiger partial charge on any atom is -0.383 e. The molecule has 9 heteroatoms. The number of ether oxygens (including phenoxy) is 1. The number of rotatable bonds is 6. The Morgan fingerprint density at radius 3 is 2.65 bits per heavy atom. The molecule has 1 fully saturated rings. The first-order chi connectivity index (χ1) is 10.7. The van der Waals surface area contributed by atoms with Crippen LogP contribution in [0.4, 0.5) is 4.39 Å². The van der Waals surface area contributed by atoms with E-state index in [-0.39, 0.29) is 16.2 Å². The average molecular weight is 365 g/mol. The predicted molar refractivity (Wildman–Crippen MR) is 84.4 cm³/mol. The smallest absolute Gasteiger partial charge is 0.183 e. The van der Waals surface area contributed by atoms with Gasteiger partial charge in [-0.15, -0.1) is 0 Å². The number of benzene rings is 1. The summed E-state index contributed by atoms with van der Waals surface area (Å²) in [6.45, 7) is 2.16. The van der Waals surface area contributed by atoms with E-state index in [1.165, 1.54) is 26.2 Å². The largest absolute Gasteiger partial charge is 0.383 e. The van der Waals surface area contributed by atoms with Gasteiger partial charge in [-0.2, -0.15) is 0 Å². The lowest BCUT2D eigenvalue weighted by Crippen LogP contribution is -2.44. The molecule has 2 atom stereocenters. The molecule has 1 heterocycles. The number of hydrogen-bond donors (Lipinski definition) is 1. The van der Waals surface area contributed by atoms with Crippen molar-refractivity contribution in [2.75, 3.05) is 31.8 Å². The Labute approximate surface area is 135 Å². The number of halogens is 1. The Balaban J connectivity index is 2.33. The van der Waals surface area contributed by atoms with Gasteiger partial charge in [0.1, 0.15) is 5.82 Å². The summed E-state index contributed by atoms with van der Waals surface area (Å²) in [6, 6.07) is 2.79. The number of hydrogen-bond acceptors (Lipinski definition) is 6. The van der Waals surface area contributed by atoms with E-state index in [9.17, 15) is 21.2 Å². The van der Waals surface area contributed by atoms with Gasteiger partial charge in [-0.1, -0.05) is 0 Å². The van der Waals surface area contributed by atoms with Crippen LogP contribution in [0.3, 0.4) is 0 Å². The van der Waals surface area contributed by atoms with Gasteiger partial charge in [-0.3, -0.25) is 0 Å². The third kappa shape index (κ3) is 4.09. The van der Waals surface area contributed by atoms with Crippen LogP contribution in [0, 0.1) is 12.7 Å². The van der Waals surface area contributed by atoms with Gasteiger partial charge in [0.25, 0.3) is 0 Å². The second kappa shape index (κ2) is 6.84. The van der Waals surface area contributed by atoms with Gasteiger partial charge in [0, 0.05) is 19.7 Å². The topological polar surface area (TPSA) is 89.5 Å². The fraction of sp³-hybridized carbons (Fsp3) is 0.571. The van der Waals surface area contributed by atoms with E-state index < -0.39 is 42.5 Å². The van der Waals surface area contributed by atoms with Crippen molar-refractivity contribution in [3.05, 3.63) is 29.6 Å². The molecule has 2 rings (SSSR count). The van der Waals surface area contributed by atoms with Crippen LogP contribution in [-0.2, 0) is 24.4 Å². The van der Waals surface area contributed by atoms with Crippen LogP contribution >= 0.6 is 0 Å². The molecule has 2 unspecified atom stereocenters. The van der Waals surface area contributed by atoms with Crippen molar-refractivity contribution in [1.29, 1.82) is 0 Å². The van der Waals surface area contributed by atoms with Gasteiger partial charge in [-0.05, 0) is 30.7 Å². The van der Waals surface area contributed by atoms with Gasteiger partial charge < -0.3 is 10.1 Å². The molecule has 1 aliphatic heterocycles. The van der Waals surface area contributed by atoms with E-state index in [1.54, 1.807) is 0 Å². The molecule has 0 aliphatic carbocycles. The van der Waals surface area contributed by atoms with E-state index in [0.717, 1.165) is 6.07 Å². The highest BCUT2D eigenvalue weighted by Crippen LogP contribution is 2.27. The fourth-order valence-electron chi connectivity index (χ4n) is 2.63. The molecule has 130 valence electrons. The monoisotopic (exact) mass is 365 g/mol. The summed E-state index contributed by atoms with van der Waals surface area (Å²) in [6.07, 6.45) is 0. The summed E-state index contributed by atoms with van der Waals surface area (Å²) in [4.78, 5) is -0.0583. The Morgan fingerprint density at radius 1 is 1.35 bits per heavy atom. The molecule has 0 radical (unpaired) electrons. The summed E-state index contributed by atoms with van der Waals surface area (Å²) in [5.41, 5.74) is 0.204. The van der Waals surface area contributed by atoms with Crippen molar-refractivity contribution in [3.63, 3.8) is 0 Å². The van der Waals surface area contributed by atoms with E-state index >= 15 is 0 Å². The molecule has 0 amide bonds. The predicted octanol–water partition coefficient (Wildman–Crippen LogP) is 0.309. The molecule has 1 aromatic carbocycles. The lowest BCUT2D eigenvalue weighted by atomic mass is 10.2. The van der Waals surface area contributed by atoms with Gasteiger partial charge in [0.15, 0.2) is 19.7 Å². The number of nitrogens with one attached hydrogen (secondary N) is 1. The molecular weight excluding hydrogens is 345 g/mol. The Kier molecular flexibility index (Phi) is 5.44. The highest BCUT2D eigenvalue weighted by Gasteiger charge is 2.45. The summed E-state index contributed by atoms with van der Waals surface area (Å²) in [7, 11) is -5.83. The van der Waals surface area contributed by atoms with Gasteiger partial charge >= 0.3 is 0 Å². The molecule has 0 bridgehead atoms. The summed E-state index contributed by atoms with van der Waals surface area (Å²) in [5, 5.41) is 1.84. The van der Waals surface area contributed by atoms with Crippen molar-refractivity contribution >= 4 is 19.7 Å². The second-order valence-corrected chi connectivity index (χ2v) is 9.95. The SMILES string of the molecule is COCCNC1CS(=O)(=O)CC1S(=O)(=O)c1ccc(F)c(C)c1. The molecule has 1 N–H and O–H groups in total. The molecule has 0 spiro atoms. The zero-order valence-corrected chi connectivity index (χ0v) is 14.6. The summed E-state index contributed by atoms with van der Waals surface area (Å²) in [5.74, 6) is -1.17. The maximum atomic E-state index is 13.4. The molecular formula is C14H20FNO5S2. The normalized spacial score (nSPS) is 24.0. The summed E-state index contributed by atoms with van der Waals surface area (Å²) >= 11 is 0. The minimum atomic E-state index is -3.88. The number of sulfone groups is 2. The molecule has 23 heavy (non-hydrogen) atoms. The first kappa shape index (κ1) is 18.3. The third-order valence-corrected chi connectivity index (χ3v) is 8.02. The molecule has 0 aromatic heterocycles. The maximum Gasteiger partial charge on any atom is 0.183 e. The fourth-order valence-corrected chi connectivity index (χ4v) is 7.43. The standard InChI is InChI=1S/C14H20FNO5S2/c1-10-7-11(3-4-12(10)15)23(19,20)14-9-22(17,18)8-13(14)16-5-6-21-2/h3-4,7,13-14,16H,5-6,8-9H2,1-2H3. The lowest BCUT2D eigenvalue weighted by Gasteiger charge is -2.20. The molecule has 6 nitrogen and oxygen atoms in total. The van der Waals surface area contributed by atoms with Crippen molar-refractivity contribution < 1.29 is 26.0 Å². The Hall–Kier alpha value is -1.03. The minimum absolute atomic E-state index is 0.0583. The van der Waals surface area contributed by atoms with Crippen LogP contribution in [0.5, 0.6) is 0 Å². The zero-order chi connectivity index (χ0) is 17.3. The summed E-state index contributed by atoms with van der Waals surface area (Å²) < 4.78 is 67.6. The van der Waals surface area contributed by atoms with Crippen molar-refractivity contribution in [1.82, 2.24) is 5.32 Å². The van der Waals surface area contributed by atoms with Crippen LogP contribution in [0.15, 0.2) is 23.1 Å². The second-order valence-electron chi connectivity index (χ2n) is 5.62. The third-order valence-electron chi connectivity index (χ3n) is 3.87. The maximum absolute atomic E-state index is 13.4. The van der Waals surface area contributed by atoms with Crippen molar-refractivity contribution in [2.24, 2.45) is 0 Å². The van der Waals surface area contributed by atoms with Gasteiger partial charge in [-0.25, -0.2) is 21.2 Å². The van der Waals surface area contributed by atoms with Crippen LogP contribution < -0.4 is 5.32 Å². The van der Waals surface area contributed by atoms with E-state index in [1.807, 2.05) is 0 Å². The highest BCUT2D eigenvalue weighted by atomic mass is 32.2. The first-order valence-corrected chi connectivity index (χ1v) is 10.5. The van der Waals surface area contributed by atoms with E-state index in [2.05, 4.69) is 5.32 Å². The molecule has 1 aromatic rings. The Bertz CT molecular complexity index is 776. The van der Waals surface area contributed by atoms with E-state index in [4.69, 9.17) is 4.74 Å². The van der Waals surface area contributed by atoms with Crippen LogP contribution in [0.2, 0.25) is 0 Å². The van der Waals surface area contributed by atoms with E-state index in [0.29, 0.717) is 13.2 Å². The lowest BCUT2D eigenvalue weighted by molar-refractivity contribution is 0.196. The van der Waals surface area contributed by atoms with Crippen LogP contribution in [-0.4, -0.2) is 59.9 Å². The van der Waals surface area contributed by atoms with Crippen LogP contribution in [0.25, 0.3) is 0 Å². The molecule has 0 saturated carbocycles. The quantitative estimate of drug-likeness (QED) is 0.576. The van der Waals surface area contributed by atoms with Crippen LogP contribution in [0.1, 0.15) is 5.56 Å². The zero-order valence-electron chi connectivity index (χ0n) is 13.0. The van der Waals surface area contributed by atoms with Gasteiger partial charge in [0.05, 0.1) is 28.3 Å². The average Bonchev–Trinajstić information content (AvgIpc) is 2.78. The molecule has 1 saturated heterocycles. The van der Waals surface area contributed by atoms with Crippen molar-refractivity contribution in [2.45, 2.75) is 23.1 Å².